The van der Waals surface area contributed by atoms with Crippen molar-refractivity contribution in [2.75, 3.05) is 14.1 Å². The highest BCUT2D eigenvalue weighted by atomic mass is 16.5. The number of hydrogen-bond acceptors (Lipinski definition) is 2. The molecule has 0 saturated heterocycles. The lowest BCUT2D eigenvalue weighted by Gasteiger charge is -2.04. The Morgan fingerprint density at radius 1 is 1.21 bits per heavy atom. The topological polar surface area (TPSA) is 70.6 Å². The van der Waals surface area contributed by atoms with Crippen molar-refractivity contribution in [3.8, 4) is 0 Å². The maximum atomic E-state index is 10.3. The van der Waals surface area contributed by atoms with Crippen LogP contribution < -0.4 is 10.8 Å². The van der Waals surface area contributed by atoms with Gasteiger partial charge in [0.25, 0.3) is 0 Å². The highest BCUT2D eigenvalue weighted by Crippen LogP contribution is 2.03. The van der Waals surface area contributed by atoms with Crippen LogP contribution >= 0.6 is 0 Å². The van der Waals surface area contributed by atoms with Crippen molar-refractivity contribution in [1.82, 2.24) is 0 Å². The molecule has 0 atom stereocenters. The van der Waals surface area contributed by atoms with Crippen LogP contribution in [-0.4, -0.2) is 20.0 Å². The standard InChI is InChI=1S/C8H17NO.C2H7NO/c1-2-3-4-5-6-7-8(9)10;1-3(2)4/h2-7H2,1H3,(H2,9,10);3H,1-2H3. The third-order valence-corrected chi connectivity index (χ3v) is 1.53. The van der Waals surface area contributed by atoms with Crippen LogP contribution in [0.2, 0.25) is 0 Å². The van der Waals surface area contributed by atoms with Gasteiger partial charge in [0.1, 0.15) is 0 Å². The monoisotopic (exact) mass is 204 g/mol. The lowest BCUT2D eigenvalue weighted by molar-refractivity contribution is -0.802. The van der Waals surface area contributed by atoms with Crippen LogP contribution in [0.15, 0.2) is 0 Å². The van der Waals surface area contributed by atoms with Crippen molar-refractivity contribution in [3.05, 3.63) is 5.21 Å². The molecule has 4 nitrogen and oxygen atoms in total. The first kappa shape index (κ1) is 15.8. The van der Waals surface area contributed by atoms with Crippen LogP contribution in [-0.2, 0) is 4.79 Å². The summed E-state index contributed by atoms with van der Waals surface area (Å²) < 4.78 is 0. The Morgan fingerprint density at radius 2 is 1.64 bits per heavy atom. The van der Waals surface area contributed by atoms with E-state index >= 15 is 0 Å². The van der Waals surface area contributed by atoms with E-state index in [0.29, 0.717) is 6.42 Å². The number of unbranched alkanes of at least 4 members (excludes halogenated alkanes) is 4. The molecule has 0 saturated carbocycles. The van der Waals surface area contributed by atoms with E-state index in [1.165, 1.54) is 33.4 Å². The van der Waals surface area contributed by atoms with Gasteiger partial charge < -0.3 is 16.0 Å². The summed E-state index contributed by atoms with van der Waals surface area (Å²) in [6.07, 6.45) is 6.44. The van der Waals surface area contributed by atoms with Crippen molar-refractivity contribution in [2.45, 2.75) is 45.4 Å². The van der Waals surface area contributed by atoms with Gasteiger partial charge in [0, 0.05) is 6.42 Å². The maximum absolute atomic E-state index is 10.3. The molecule has 0 aromatic heterocycles. The summed E-state index contributed by atoms with van der Waals surface area (Å²) in [6, 6.07) is 0. The number of nitrogens with one attached hydrogen (secondary N) is 1. The largest absolute Gasteiger partial charge is 0.635 e. The molecule has 0 bridgehead atoms. The Balaban J connectivity index is 0. The van der Waals surface area contributed by atoms with Crippen molar-refractivity contribution < 1.29 is 9.86 Å². The number of rotatable bonds is 6. The number of hydrogen-bond donors (Lipinski definition) is 2. The molecule has 0 heterocycles. The maximum Gasteiger partial charge on any atom is 0.217 e. The number of quaternary nitrogens is 1. The van der Waals surface area contributed by atoms with E-state index in [0.717, 1.165) is 12.8 Å². The molecule has 0 unspecified atom stereocenters. The Morgan fingerprint density at radius 3 is 2.00 bits per heavy atom. The predicted molar refractivity (Wildman–Crippen MR) is 58.7 cm³/mol. The lowest BCUT2D eigenvalue weighted by atomic mass is 10.1. The van der Waals surface area contributed by atoms with Crippen LogP contribution in [0.1, 0.15) is 45.4 Å². The number of carbonyl (C=O) groups excluding carboxylic acids is 1. The van der Waals surface area contributed by atoms with Crippen LogP contribution in [0.4, 0.5) is 0 Å². The minimum absolute atomic E-state index is 0.167. The minimum atomic E-state index is -0.170. The molecular weight excluding hydrogens is 180 g/mol. The van der Waals surface area contributed by atoms with Crippen LogP contribution in [0.25, 0.3) is 0 Å². The van der Waals surface area contributed by atoms with Crippen LogP contribution in [0, 0.1) is 5.21 Å². The number of amides is 1. The fraction of sp³-hybridized carbons (Fsp3) is 0.900. The van der Waals surface area contributed by atoms with Gasteiger partial charge >= 0.3 is 0 Å². The van der Waals surface area contributed by atoms with Gasteiger partial charge in [0.2, 0.25) is 5.91 Å². The second-order valence-electron chi connectivity index (χ2n) is 3.54. The Bertz CT molecular complexity index is 125. The first-order chi connectivity index (χ1) is 6.50. The highest BCUT2D eigenvalue weighted by Gasteiger charge is 1.92. The minimum Gasteiger partial charge on any atom is -0.635 e. The predicted octanol–water partition coefficient (Wildman–Crippen LogP) is 0.461. The van der Waals surface area contributed by atoms with Gasteiger partial charge in [-0.25, -0.2) is 0 Å². The molecule has 3 N–H and O–H groups in total. The van der Waals surface area contributed by atoms with Gasteiger partial charge in [-0.15, -0.1) is 0 Å². The van der Waals surface area contributed by atoms with Gasteiger partial charge in [0.05, 0.1) is 14.1 Å². The quantitative estimate of drug-likeness (QED) is 0.487. The van der Waals surface area contributed by atoms with E-state index < -0.39 is 0 Å². The van der Waals surface area contributed by atoms with Gasteiger partial charge in [-0.1, -0.05) is 32.6 Å². The molecule has 0 aromatic carbocycles. The van der Waals surface area contributed by atoms with Gasteiger partial charge in [0.15, 0.2) is 0 Å². The summed E-state index contributed by atoms with van der Waals surface area (Å²) in [5.74, 6) is -0.170. The molecule has 0 spiro atoms. The Hall–Kier alpha value is -0.610. The molecule has 14 heavy (non-hydrogen) atoms. The zero-order valence-corrected chi connectivity index (χ0v) is 9.64. The molecule has 0 aliphatic carbocycles. The van der Waals surface area contributed by atoms with Crippen molar-refractivity contribution in [2.24, 2.45) is 5.73 Å². The summed E-state index contributed by atoms with van der Waals surface area (Å²) in [7, 11) is 3.06. The second kappa shape index (κ2) is 12.4. The molecule has 0 fully saturated rings. The first-order valence-corrected chi connectivity index (χ1v) is 5.26. The van der Waals surface area contributed by atoms with E-state index in [4.69, 9.17) is 5.73 Å². The fourth-order valence-electron chi connectivity index (χ4n) is 0.903. The fourth-order valence-corrected chi connectivity index (χ4v) is 0.903. The molecular formula is C10H24N2O2. The van der Waals surface area contributed by atoms with Gasteiger partial charge in [-0.2, -0.15) is 0 Å². The molecule has 0 rings (SSSR count). The Labute approximate surface area is 87.0 Å². The third kappa shape index (κ3) is 30.1. The van der Waals surface area contributed by atoms with E-state index in [-0.39, 0.29) is 11.0 Å². The molecule has 0 aliphatic heterocycles. The summed E-state index contributed by atoms with van der Waals surface area (Å²) in [4.78, 5) is 10.3. The summed E-state index contributed by atoms with van der Waals surface area (Å²) >= 11 is 0. The van der Waals surface area contributed by atoms with E-state index in [9.17, 15) is 10.0 Å². The van der Waals surface area contributed by atoms with E-state index in [1.54, 1.807) is 0 Å². The molecule has 0 aliphatic rings. The highest BCUT2D eigenvalue weighted by molar-refractivity contribution is 5.73. The smallest absolute Gasteiger partial charge is 0.217 e. The number of primary amides is 1. The van der Waals surface area contributed by atoms with Gasteiger partial charge in [-0.05, 0) is 6.42 Å². The summed E-state index contributed by atoms with van der Waals surface area (Å²) in [5.41, 5.74) is 4.97. The Kier molecular flexibility index (Phi) is 14.0. The van der Waals surface area contributed by atoms with E-state index in [1.807, 2.05) is 0 Å². The average molecular weight is 204 g/mol. The summed E-state index contributed by atoms with van der Waals surface area (Å²) in [5, 5.41) is 9.61. The number of carbonyl (C=O) groups is 1. The second-order valence-corrected chi connectivity index (χ2v) is 3.54. The van der Waals surface area contributed by atoms with Crippen molar-refractivity contribution in [1.29, 1.82) is 0 Å². The molecule has 86 valence electrons. The first-order valence-electron chi connectivity index (χ1n) is 5.26. The van der Waals surface area contributed by atoms with Crippen molar-refractivity contribution >= 4 is 5.91 Å². The molecule has 1 amide bonds. The zero-order valence-electron chi connectivity index (χ0n) is 9.64. The molecule has 4 heteroatoms. The lowest BCUT2D eigenvalue weighted by Crippen LogP contribution is -3.00. The molecule has 0 radical (unpaired) electrons. The third-order valence-electron chi connectivity index (χ3n) is 1.53. The van der Waals surface area contributed by atoms with Crippen molar-refractivity contribution in [3.63, 3.8) is 0 Å². The molecule has 0 aromatic rings. The number of hydroxylamine groups is 2. The van der Waals surface area contributed by atoms with Crippen LogP contribution in [0.5, 0.6) is 0 Å². The number of nitrogens with two attached hydrogens (primary N) is 1. The average Bonchev–Trinajstić information content (AvgIpc) is 2.02. The SMILES string of the molecule is CCCCCCCC(N)=O.C[NH+](C)[O-]. The van der Waals surface area contributed by atoms with Crippen LogP contribution in [0.3, 0.4) is 0 Å². The normalized spacial score (nSPS) is 9.50. The summed E-state index contributed by atoms with van der Waals surface area (Å²) in [6.45, 7) is 2.17. The van der Waals surface area contributed by atoms with Gasteiger partial charge in [-0.3, -0.25) is 4.79 Å². The zero-order chi connectivity index (χ0) is 11.4. The van der Waals surface area contributed by atoms with E-state index in [2.05, 4.69) is 6.92 Å².